The Morgan fingerprint density at radius 2 is 1.70 bits per heavy atom. The van der Waals surface area contributed by atoms with Gasteiger partial charge >= 0.3 is 0 Å². The lowest BCUT2D eigenvalue weighted by Crippen LogP contribution is -2.58. The molecule has 3 rings (SSSR count). The highest BCUT2D eigenvalue weighted by Gasteiger charge is 2.36. The number of hydrogen-bond acceptors (Lipinski definition) is 3. The second kappa shape index (κ2) is 8.87. The summed E-state index contributed by atoms with van der Waals surface area (Å²) in [6, 6.07) is 17.6. The van der Waals surface area contributed by atoms with E-state index >= 15 is 0 Å². The second-order valence-corrected chi connectivity index (χ2v) is 8.01. The summed E-state index contributed by atoms with van der Waals surface area (Å²) in [6.07, 6.45) is 2.07. The predicted octanol–water partition coefficient (Wildman–Crippen LogP) is 3.67. The summed E-state index contributed by atoms with van der Waals surface area (Å²) in [7, 11) is 4.22. The largest absolute Gasteiger partial charge is 0.350 e. The Morgan fingerprint density at radius 3 is 2.30 bits per heavy atom. The Balaban J connectivity index is 1.57. The van der Waals surface area contributed by atoms with Crippen molar-refractivity contribution >= 4 is 17.5 Å². The van der Waals surface area contributed by atoms with Crippen LogP contribution in [0, 0.1) is 0 Å². The van der Waals surface area contributed by atoms with Crippen LogP contribution in [-0.4, -0.2) is 55.0 Å². The van der Waals surface area contributed by atoms with Crippen molar-refractivity contribution in [2.24, 2.45) is 0 Å². The second-order valence-electron chi connectivity index (χ2n) is 7.57. The first kappa shape index (κ1) is 19.9. The van der Waals surface area contributed by atoms with Crippen molar-refractivity contribution in [1.29, 1.82) is 0 Å². The molecule has 1 saturated heterocycles. The van der Waals surface area contributed by atoms with Crippen molar-refractivity contribution < 1.29 is 4.79 Å². The molecule has 0 unspecified atom stereocenters. The third kappa shape index (κ3) is 5.10. The summed E-state index contributed by atoms with van der Waals surface area (Å²) >= 11 is 5.91. The number of likely N-dealkylation sites (tertiary alicyclic amines) is 1. The van der Waals surface area contributed by atoms with Gasteiger partial charge in [0.25, 0.3) is 5.91 Å². The van der Waals surface area contributed by atoms with Gasteiger partial charge in [-0.3, -0.25) is 9.69 Å². The number of hydrogen-bond donors (Lipinski definition) is 1. The fourth-order valence-electron chi connectivity index (χ4n) is 3.70. The van der Waals surface area contributed by atoms with E-state index in [0.29, 0.717) is 17.1 Å². The van der Waals surface area contributed by atoms with Crippen molar-refractivity contribution in [3.8, 4) is 0 Å². The van der Waals surface area contributed by atoms with Gasteiger partial charge in [0, 0.05) is 42.3 Å². The molecule has 1 aliphatic rings. The van der Waals surface area contributed by atoms with E-state index in [-0.39, 0.29) is 11.4 Å². The van der Waals surface area contributed by atoms with Crippen LogP contribution < -0.4 is 5.32 Å². The SMILES string of the molecule is CN(C)C1(CNC(=O)c2ccc(Cl)cc2)CCN(Cc2ccccc2)CC1. The molecule has 2 aromatic rings. The Hall–Kier alpha value is -1.88. The lowest BCUT2D eigenvalue weighted by Gasteiger charge is -2.46. The zero-order valence-electron chi connectivity index (χ0n) is 16.1. The van der Waals surface area contributed by atoms with Gasteiger partial charge in [-0.2, -0.15) is 0 Å². The van der Waals surface area contributed by atoms with Crippen LogP contribution in [0.5, 0.6) is 0 Å². The zero-order chi connectivity index (χ0) is 19.3. The van der Waals surface area contributed by atoms with Crippen LogP contribution in [-0.2, 0) is 6.54 Å². The molecule has 4 nitrogen and oxygen atoms in total. The molecule has 5 heteroatoms. The van der Waals surface area contributed by atoms with E-state index in [2.05, 4.69) is 59.5 Å². The minimum Gasteiger partial charge on any atom is -0.350 e. The summed E-state index contributed by atoms with van der Waals surface area (Å²) in [6.45, 7) is 3.70. The summed E-state index contributed by atoms with van der Waals surface area (Å²) in [4.78, 5) is 17.3. The van der Waals surface area contributed by atoms with Crippen LogP contribution in [0.2, 0.25) is 5.02 Å². The maximum atomic E-state index is 12.5. The number of carbonyl (C=O) groups excluding carboxylic acids is 1. The number of nitrogens with one attached hydrogen (secondary N) is 1. The van der Waals surface area contributed by atoms with E-state index in [0.717, 1.165) is 32.5 Å². The van der Waals surface area contributed by atoms with Gasteiger partial charge in [0.2, 0.25) is 0 Å². The van der Waals surface area contributed by atoms with Crippen LogP contribution in [0.15, 0.2) is 54.6 Å². The van der Waals surface area contributed by atoms with Gasteiger partial charge in [-0.15, -0.1) is 0 Å². The summed E-state index contributed by atoms with van der Waals surface area (Å²) in [5.41, 5.74) is 2.00. The average molecular weight is 386 g/mol. The fourth-order valence-corrected chi connectivity index (χ4v) is 3.83. The molecule has 0 aromatic heterocycles. The van der Waals surface area contributed by atoms with Crippen molar-refractivity contribution in [3.05, 3.63) is 70.7 Å². The van der Waals surface area contributed by atoms with Gasteiger partial charge in [-0.05, 0) is 56.8 Å². The summed E-state index contributed by atoms with van der Waals surface area (Å²) in [5, 5.41) is 3.77. The van der Waals surface area contributed by atoms with Crippen molar-refractivity contribution in [1.82, 2.24) is 15.1 Å². The lowest BCUT2D eigenvalue weighted by molar-refractivity contribution is 0.0504. The zero-order valence-corrected chi connectivity index (χ0v) is 16.9. The summed E-state index contributed by atoms with van der Waals surface area (Å²) < 4.78 is 0. The van der Waals surface area contributed by atoms with Crippen LogP contribution in [0.25, 0.3) is 0 Å². The molecule has 1 aliphatic heterocycles. The molecule has 0 saturated carbocycles. The van der Waals surface area contributed by atoms with Crippen LogP contribution >= 0.6 is 11.6 Å². The highest BCUT2D eigenvalue weighted by Crippen LogP contribution is 2.27. The molecular formula is C22H28ClN3O. The molecule has 0 aliphatic carbocycles. The number of piperidine rings is 1. The fraction of sp³-hybridized carbons (Fsp3) is 0.409. The maximum absolute atomic E-state index is 12.5. The van der Waals surface area contributed by atoms with Crippen LogP contribution in [0.1, 0.15) is 28.8 Å². The third-order valence-corrected chi connectivity index (χ3v) is 5.92. The Morgan fingerprint density at radius 1 is 1.07 bits per heavy atom. The molecule has 0 radical (unpaired) electrons. The van der Waals surface area contributed by atoms with Crippen LogP contribution in [0.3, 0.4) is 0 Å². The molecule has 2 aromatic carbocycles. The smallest absolute Gasteiger partial charge is 0.251 e. The first-order chi connectivity index (χ1) is 13.0. The van der Waals surface area contributed by atoms with Gasteiger partial charge in [0.15, 0.2) is 0 Å². The van der Waals surface area contributed by atoms with Gasteiger partial charge < -0.3 is 10.2 Å². The number of carbonyl (C=O) groups is 1. The van der Waals surface area contributed by atoms with E-state index in [1.807, 2.05) is 0 Å². The predicted molar refractivity (Wildman–Crippen MR) is 111 cm³/mol. The standard InChI is InChI=1S/C22H28ClN3O/c1-25(2)22(17-24-21(27)19-8-10-20(23)11-9-19)12-14-26(15-13-22)16-18-6-4-3-5-7-18/h3-11H,12-17H2,1-2H3,(H,24,27). The number of benzene rings is 2. The normalized spacial score (nSPS) is 17.0. The Labute approximate surface area is 167 Å². The Kier molecular flexibility index (Phi) is 6.53. The average Bonchev–Trinajstić information content (AvgIpc) is 2.68. The van der Waals surface area contributed by atoms with Gasteiger partial charge in [-0.25, -0.2) is 0 Å². The van der Waals surface area contributed by atoms with Crippen molar-refractivity contribution in [2.45, 2.75) is 24.9 Å². The first-order valence-electron chi connectivity index (χ1n) is 9.46. The summed E-state index contributed by atoms with van der Waals surface area (Å²) in [5.74, 6) is -0.0420. The minimum atomic E-state index is -0.0420. The number of likely N-dealkylation sites (N-methyl/N-ethyl adjacent to an activating group) is 1. The number of nitrogens with zero attached hydrogens (tertiary/aromatic N) is 2. The molecule has 1 amide bonds. The maximum Gasteiger partial charge on any atom is 0.251 e. The monoisotopic (exact) mass is 385 g/mol. The molecule has 1 fully saturated rings. The topological polar surface area (TPSA) is 35.6 Å². The van der Waals surface area contributed by atoms with Gasteiger partial charge in [-0.1, -0.05) is 41.9 Å². The van der Waals surface area contributed by atoms with E-state index in [1.165, 1.54) is 5.56 Å². The van der Waals surface area contributed by atoms with E-state index in [9.17, 15) is 4.79 Å². The van der Waals surface area contributed by atoms with E-state index in [1.54, 1.807) is 24.3 Å². The highest BCUT2D eigenvalue weighted by molar-refractivity contribution is 6.30. The lowest BCUT2D eigenvalue weighted by atomic mass is 9.85. The molecule has 0 bridgehead atoms. The van der Waals surface area contributed by atoms with E-state index < -0.39 is 0 Å². The molecular weight excluding hydrogens is 358 g/mol. The molecule has 144 valence electrons. The number of rotatable bonds is 6. The van der Waals surface area contributed by atoms with Crippen molar-refractivity contribution in [3.63, 3.8) is 0 Å². The molecule has 0 spiro atoms. The molecule has 27 heavy (non-hydrogen) atoms. The molecule has 1 heterocycles. The third-order valence-electron chi connectivity index (χ3n) is 5.67. The van der Waals surface area contributed by atoms with Gasteiger partial charge in [0.1, 0.15) is 0 Å². The highest BCUT2D eigenvalue weighted by atomic mass is 35.5. The minimum absolute atomic E-state index is 0.00469. The number of halogens is 1. The first-order valence-corrected chi connectivity index (χ1v) is 9.84. The molecule has 1 N–H and O–H groups in total. The van der Waals surface area contributed by atoms with Crippen LogP contribution in [0.4, 0.5) is 0 Å². The van der Waals surface area contributed by atoms with Crippen molar-refractivity contribution in [2.75, 3.05) is 33.7 Å². The Bertz CT molecular complexity index is 738. The quantitative estimate of drug-likeness (QED) is 0.824. The number of amides is 1. The van der Waals surface area contributed by atoms with Gasteiger partial charge in [0.05, 0.1) is 0 Å². The molecule has 0 atom stereocenters. The van der Waals surface area contributed by atoms with E-state index in [4.69, 9.17) is 11.6 Å².